The molecule has 5 nitrogen and oxygen atoms in total. The van der Waals surface area contributed by atoms with Crippen LogP contribution in [0.3, 0.4) is 0 Å². The molecule has 21 heavy (non-hydrogen) atoms. The molecular weight excluding hydrogens is 264 g/mol. The van der Waals surface area contributed by atoms with E-state index in [9.17, 15) is 4.79 Å². The first-order valence-electron chi connectivity index (χ1n) is 6.83. The lowest BCUT2D eigenvalue weighted by atomic mass is 10.0. The molecule has 1 aromatic carbocycles. The van der Waals surface area contributed by atoms with Gasteiger partial charge in [0.2, 0.25) is 5.91 Å². The van der Waals surface area contributed by atoms with Crippen LogP contribution >= 0.6 is 0 Å². The lowest BCUT2D eigenvalue weighted by Gasteiger charge is -2.21. The van der Waals surface area contributed by atoms with E-state index in [-0.39, 0.29) is 5.91 Å². The molecule has 0 bridgehead atoms. The van der Waals surface area contributed by atoms with Gasteiger partial charge in [-0.2, -0.15) is 5.10 Å². The summed E-state index contributed by atoms with van der Waals surface area (Å²) in [6, 6.07) is 9.61. The summed E-state index contributed by atoms with van der Waals surface area (Å²) in [5, 5.41) is 5.63. The first-order chi connectivity index (χ1) is 10.1. The average molecular weight is 280 g/mol. The number of carbonyl (C=O) groups excluding carboxylic acids is 1. The number of pyridine rings is 1. The number of hydrogen-bond acceptors (Lipinski definition) is 4. The van der Waals surface area contributed by atoms with E-state index in [4.69, 9.17) is 5.73 Å². The minimum absolute atomic E-state index is 0.0257. The Morgan fingerprint density at radius 3 is 2.81 bits per heavy atom. The van der Waals surface area contributed by atoms with Crippen molar-refractivity contribution < 1.29 is 4.79 Å². The summed E-state index contributed by atoms with van der Waals surface area (Å²) in [5.74, 6) is 0.518. The highest BCUT2D eigenvalue weighted by Crippen LogP contribution is 2.29. The smallest absolute Gasteiger partial charge is 0.247 e. The zero-order valence-corrected chi connectivity index (χ0v) is 11.8. The van der Waals surface area contributed by atoms with E-state index >= 15 is 0 Å². The van der Waals surface area contributed by atoms with E-state index in [1.165, 1.54) is 5.01 Å². The lowest BCUT2D eigenvalue weighted by Crippen LogP contribution is -2.28. The number of nitrogen functional groups attached to an aromatic ring is 1. The van der Waals surface area contributed by atoms with Crippen LogP contribution < -0.4 is 10.7 Å². The Bertz CT molecular complexity index is 724. The Morgan fingerprint density at radius 1 is 1.24 bits per heavy atom. The predicted molar refractivity (Wildman–Crippen MR) is 84.0 cm³/mol. The van der Waals surface area contributed by atoms with Gasteiger partial charge >= 0.3 is 0 Å². The van der Waals surface area contributed by atoms with Crippen LogP contribution in [0.15, 0.2) is 41.6 Å². The Morgan fingerprint density at radius 2 is 2.10 bits per heavy atom. The largest absolute Gasteiger partial charge is 0.384 e. The monoisotopic (exact) mass is 280 g/mol. The molecule has 1 aliphatic heterocycles. The minimum Gasteiger partial charge on any atom is -0.384 e. The number of nitrogens with two attached hydrogens (primary N) is 1. The maximum Gasteiger partial charge on any atom is 0.247 e. The molecule has 2 aromatic rings. The summed E-state index contributed by atoms with van der Waals surface area (Å²) in [6.07, 6.45) is 4.68. The van der Waals surface area contributed by atoms with Gasteiger partial charge in [0.25, 0.3) is 0 Å². The van der Waals surface area contributed by atoms with Crippen molar-refractivity contribution in [1.82, 2.24) is 4.98 Å². The van der Waals surface area contributed by atoms with E-state index in [1.54, 1.807) is 12.4 Å². The first-order valence-corrected chi connectivity index (χ1v) is 6.83. The molecule has 3 rings (SSSR count). The molecule has 0 spiro atoms. The van der Waals surface area contributed by atoms with E-state index in [2.05, 4.69) is 10.1 Å². The van der Waals surface area contributed by atoms with Gasteiger partial charge in [-0.25, -0.2) is 9.99 Å². The van der Waals surface area contributed by atoms with E-state index in [0.717, 1.165) is 22.4 Å². The molecular formula is C16H16N4O. The number of amides is 1. The van der Waals surface area contributed by atoms with Gasteiger partial charge in [-0.05, 0) is 54.3 Å². The highest BCUT2D eigenvalue weighted by molar-refractivity contribution is 5.97. The summed E-state index contributed by atoms with van der Waals surface area (Å²) >= 11 is 0. The predicted octanol–water partition coefficient (Wildman–Crippen LogP) is 2.75. The zero-order chi connectivity index (χ0) is 14.8. The Kier molecular flexibility index (Phi) is 3.39. The zero-order valence-electron chi connectivity index (χ0n) is 11.8. The molecule has 1 amide bonds. The van der Waals surface area contributed by atoms with E-state index in [1.807, 2.05) is 37.3 Å². The molecule has 0 radical (unpaired) electrons. The number of aryl methyl sites for hydroxylation is 1. The first kappa shape index (κ1) is 13.3. The second kappa shape index (κ2) is 5.36. The molecule has 2 heterocycles. The van der Waals surface area contributed by atoms with Crippen molar-refractivity contribution in [2.45, 2.75) is 19.8 Å². The molecule has 5 heteroatoms. The highest BCUT2D eigenvalue weighted by atomic mass is 16.2. The minimum atomic E-state index is 0.0257. The van der Waals surface area contributed by atoms with Crippen molar-refractivity contribution in [3.8, 4) is 11.1 Å². The number of aromatic nitrogens is 1. The number of rotatable bonds is 2. The third kappa shape index (κ3) is 2.63. The van der Waals surface area contributed by atoms with E-state index in [0.29, 0.717) is 18.7 Å². The van der Waals surface area contributed by atoms with Crippen molar-refractivity contribution in [3.63, 3.8) is 0 Å². The van der Waals surface area contributed by atoms with Crippen LogP contribution in [-0.4, -0.2) is 17.1 Å². The molecule has 0 fully saturated rings. The lowest BCUT2D eigenvalue weighted by molar-refractivity contribution is -0.118. The maximum absolute atomic E-state index is 11.9. The summed E-state index contributed by atoms with van der Waals surface area (Å²) in [4.78, 5) is 15.9. The second-order valence-electron chi connectivity index (χ2n) is 5.01. The van der Waals surface area contributed by atoms with Crippen molar-refractivity contribution in [1.29, 1.82) is 0 Å². The summed E-state index contributed by atoms with van der Waals surface area (Å²) in [6.45, 7) is 2.01. The van der Waals surface area contributed by atoms with Crippen molar-refractivity contribution in [2.24, 2.45) is 5.10 Å². The molecule has 1 aliphatic rings. The number of benzene rings is 1. The standard InChI is InChI=1S/C16H16N4O/c1-11-9-13(20-16(21)3-2-7-19-20)4-5-14(11)12-6-8-18-15(17)10-12/h4-10H,2-3H2,1H3,(H2,17,18). The molecule has 106 valence electrons. The number of hydrazone groups is 1. The quantitative estimate of drug-likeness (QED) is 0.919. The Balaban J connectivity index is 1.98. The molecule has 1 aromatic heterocycles. The molecule has 0 atom stereocenters. The fourth-order valence-corrected chi connectivity index (χ4v) is 2.43. The van der Waals surface area contributed by atoms with Gasteiger partial charge in [0, 0.05) is 18.8 Å². The van der Waals surface area contributed by atoms with Gasteiger partial charge in [-0.15, -0.1) is 0 Å². The third-order valence-corrected chi connectivity index (χ3v) is 3.47. The van der Waals surface area contributed by atoms with Crippen LogP contribution in [-0.2, 0) is 4.79 Å². The van der Waals surface area contributed by atoms with Gasteiger partial charge in [0.1, 0.15) is 5.82 Å². The van der Waals surface area contributed by atoms with Gasteiger partial charge in [0.05, 0.1) is 5.69 Å². The van der Waals surface area contributed by atoms with Crippen LogP contribution in [0.4, 0.5) is 11.5 Å². The normalized spacial score (nSPS) is 14.5. The van der Waals surface area contributed by atoms with Crippen LogP contribution in [0.2, 0.25) is 0 Å². The van der Waals surface area contributed by atoms with Crippen LogP contribution in [0.25, 0.3) is 11.1 Å². The molecule has 0 saturated carbocycles. The summed E-state index contributed by atoms with van der Waals surface area (Å²) in [5.41, 5.74) is 9.67. The highest BCUT2D eigenvalue weighted by Gasteiger charge is 2.18. The summed E-state index contributed by atoms with van der Waals surface area (Å²) < 4.78 is 0. The van der Waals surface area contributed by atoms with Crippen molar-refractivity contribution in [2.75, 3.05) is 10.7 Å². The molecule has 0 saturated heterocycles. The van der Waals surface area contributed by atoms with Crippen molar-refractivity contribution >= 4 is 23.6 Å². The SMILES string of the molecule is Cc1cc(N2N=CCCC2=O)ccc1-c1ccnc(N)c1. The van der Waals surface area contributed by atoms with Gasteiger partial charge in [0.15, 0.2) is 0 Å². The fourth-order valence-electron chi connectivity index (χ4n) is 2.43. The van der Waals surface area contributed by atoms with Gasteiger partial charge < -0.3 is 5.73 Å². The fraction of sp³-hybridized carbons (Fsp3) is 0.188. The third-order valence-electron chi connectivity index (χ3n) is 3.47. The maximum atomic E-state index is 11.9. The van der Waals surface area contributed by atoms with E-state index < -0.39 is 0 Å². The Labute approximate surface area is 123 Å². The van der Waals surface area contributed by atoms with Crippen LogP contribution in [0.5, 0.6) is 0 Å². The number of hydrogen-bond donors (Lipinski definition) is 1. The molecule has 0 aliphatic carbocycles. The van der Waals surface area contributed by atoms with Gasteiger partial charge in [-0.1, -0.05) is 6.07 Å². The number of nitrogens with zero attached hydrogens (tertiary/aromatic N) is 3. The van der Waals surface area contributed by atoms with Crippen LogP contribution in [0, 0.1) is 6.92 Å². The Hall–Kier alpha value is -2.69. The molecule has 0 unspecified atom stereocenters. The summed E-state index contributed by atoms with van der Waals surface area (Å²) in [7, 11) is 0. The van der Waals surface area contributed by atoms with Crippen LogP contribution in [0.1, 0.15) is 18.4 Å². The number of anilines is 2. The average Bonchev–Trinajstić information content (AvgIpc) is 2.47. The topological polar surface area (TPSA) is 71.6 Å². The number of carbonyl (C=O) groups is 1. The molecule has 2 N–H and O–H groups in total. The van der Waals surface area contributed by atoms with Crippen molar-refractivity contribution in [3.05, 3.63) is 42.1 Å². The second-order valence-corrected chi connectivity index (χ2v) is 5.01. The van der Waals surface area contributed by atoms with Gasteiger partial charge in [-0.3, -0.25) is 4.79 Å².